The molecule has 2 aliphatic rings. The minimum Gasteiger partial charge on any atom is -0.489 e. The van der Waals surface area contributed by atoms with Gasteiger partial charge in [-0.05, 0) is 30.2 Å². The van der Waals surface area contributed by atoms with Crippen LogP contribution >= 0.6 is 11.8 Å². The van der Waals surface area contributed by atoms with E-state index in [2.05, 4.69) is 0 Å². The molecule has 0 aliphatic carbocycles. The van der Waals surface area contributed by atoms with Crippen molar-refractivity contribution in [3.63, 3.8) is 0 Å². The zero-order valence-electron chi connectivity index (χ0n) is 20.7. The van der Waals surface area contributed by atoms with Gasteiger partial charge in [0.1, 0.15) is 29.8 Å². The van der Waals surface area contributed by atoms with Crippen molar-refractivity contribution in [2.45, 2.75) is 31.2 Å². The highest BCUT2D eigenvalue weighted by molar-refractivity contribution is 8.00. The molecule has 3 heterocycles. The van der Waals surface area contributed by atoms with Crippen molar-refractivity contribution in [2.24, 2.45) is 11.8 Å². The number of rotatable bonds is 9. The van der Waals surface area contributed by atoms with Crippen molar-refractivity contribution in [1.82, 2.24) is 4.90 Å². The van der Waals surface area contributed by atoms with E-state index in [1.165, 1.54) is 22.7 Å². The summed E-state index contributed by atoms with van der Waals surface area (Å²) in [5.41, 5.74) is 1.73. The quantitative estimate of drug-likeness (QED) is 0.251. The zero-order chi connectivity index (χ0) is 26.8. The number of ketones is 1. The number of hydrogen-bond acceptors (Lipinski definition) is 7. The summed E-state index contributed by atoms with van der Waals surface area (Å²) in [6, 6.07) is 15.1. The lowest BCUT2D eigenvalue weighted by molar-refractivity contribution is -0.167. The van der Waals surface area contributed by atoms with Crippen LogP contribution in [0.3, 0.4) is 0 Å². The van der Waals surface area contributed by atoms with Crippen LogP contribution in [0.4, 0.5) is 0 Å². The van der Waals surface area contributed by atoms with E-state index < -0.39 is 23.6 Å². The Morgan fingerprint density at radius 3 is 2.71 bits per heavy atom. The first-order valence-electron chi connectivity index (χ1n) is 12.4. The first kappa shape index (κ1) is 25.8. The normalized spacial score (nSPS) is 22.8. The van der Waals surface area contributed by atoms with Crippen LogP contribution in [0.2, 0.25) is 0 Å². The number of carbonyl (C=O) groups is 3. The number of aryl methyl sites for hydroxylation is 1. The lowest BCUT2D eigenvalue weighted by Gasteiger charge is -2.54. The van der Waals surface area contributed by atoms with Gasteiger partial charge in [0.15, 0.2) is 0 Å². The average Bonchev–Trinajstić information content (AvgIpc) is 2.89. The number of Topliss-reactive ketones (excluding diaryl/α,β-unsaturated/α-hetero) is 1. The molecule has 2 saturated heterocycles. The molecule has 1 N–H and O–H groups in total. The van der Waals surface area contributed by atoms with Gasteiger partial charge in [0.05, 0.1) is 11.3 Å². The maximum atomic E-state index is 12.9. The molecule has 4 atom stereocenters. The van der Waals surface area contributed by atoms with Crippen LogP contribution < -0.4 is 10.4 Å². The molecule has 8 nitrogen and oxygen atoms in total. The van der Waals surface area contributed by atoms with E-state index in [1.807, 2.05) is 43.3 Å². The zero-order valence-corrected chi connectivity index (χ0v) is 21.6. The number of benzene rings is 2. The van der Waals surface area contributed by atoms with E-state index in [0.29, 0.717) is 17.1 Å². The van der Waals surface area contributed by atoms with Crippen LogP contribution in [0.15, 0.2) is 76.0 Å². The summed E-state index contributed by atoms with van der Waals surface area (Å²) in [7, 11) is 0. The molecule has 2 fully saturated rings. The van der Waals surface area contributed by atoms with Gasteiger partial charge in [-0.3, -0.25) is 9.59 Å². The third-order valence-corrected chi connectivity index (χ3v) is 8.43. The fraction of sp³-hybridized carbons (Fsp3) is 0.310. The van der Waals surface area contributed by atoms with E-state index >= 15 is 0 Å². The van der Waals surface area contributed by atoms with Crippen LogP contribution in [-0.4, -0.2) is 51.4 Å². The van der Waals surface area contributed by atoms with Crippen molar-refractivity contribution >= 4 is 40.4 Å². The van der Waals surface area contributed by atoms with Gasteiger partial charge < -0.3 is 19.2 Å². The molecular weight excluding hydrogens is 506 g/mol. The fourth-order valence-corrected chi connectivity index (χ4v) is 6.66. The Hall–Kier alpha value is -3.85. The Bertz CT molecular complexity index is 1460. The molecule has 1 aromatic heterocycles. The van der Waals surface area contributed by atoms with Gasteiger partial charge in [0.2, 0.25) is 5.91 Å². The van der Waals surface area contributed by atoms with E-state index in [9.17, 15) is 24.3 Å². The predicted octanol–water partition coefficient (Wildman–Crippen LogP) is 3.84. The summed E-state index contributed by atoms with van der Waals surface area (Å²) in [5.74, 6) is -1.20. The Morgan fingerprint density at radius 1 is 1.16 bits per heavy atom. The van der Waals surface area contributed by atoms with Crippen LogP contribution in [0.25, 0.3) is 11.0 Å². The Balaban J connectivity index is 1.19. The number of amides is 1. The second-order valence-electron chi connectivity index (χ2n) is 9.57. The summed E-state index contributed by atoms with van der Waals surface area (Å²) in [6.07, 6.45) is 3.89. The smallest absolute Gasteiger partial charge is 0.336 e. The van der Waals surface area contributed by atoms with Gasteiger partial charge in [-0.15, -0.1) is 11.8 Å². The Labute approximate surface area is 223 Å². The molecule has 196 valence electrons. The highest BCUT2D eigenvalue weighted by Gasteiger charge is 2.56. The third-order valence-electron chi connectivity index (χ3n) is 6.95. The van der Waals surface area contributed by atoms with Gasteiger partial charge in [-0.25, -0.2) is 9.59 Å². The molecule has 2 unspecified atom stereocenters. The monoisotopic (exact) mass is 533 g/mol. The molecule has 38 heavy (non-hydrogen) atoms. The summed E-state index contributed by atoms with van der Waals surface area (Å²) in [4.78, 5) is 50.7. The molecule has 1 amide bonds. The third kappa shape index (κ3) is 5.24. The number of carboxylic acid groups (broad SMARTS) is 1. The Morgan fingerprint density at radius 2 is 1.95 bits per heavy atom. The molecule has 0 saturated carbocycles. The average molecular weight is 534 g/mol. The van der Waals surface area contributed by atoms with Crippen molar-refractivity contribution in [3.8, 4) is 5.75 Å². The van der Waals surface area contributed by atoms with Gasteiger partial charge >= 0.3 is 11.6 Å². The second-order valence-corrected chi connectivity index (χ2v) is 10.7. The number of ether oxygens (including phenoxy) is 1. The van der Waals surface area contributed by atoms with E-state index in [1.54, 1.807) is 24.3 Å². The maximum Gasteiger partial charge on any atom is 0.336 e. The highest BCUT2D eigenvalue weighted by atomic mass is 32.2. The van der Waals surface area contributed by atoms with Crippen molar-refractivity contribution in [1.29, 1.82) is 0 Å². The molecule has 0 spiro atoms. The molecule has 0 bridgehead atoms. The summed E-state index contributed by atoms with van der Waals surface area (Å²) in [6.45, 7) is 2.02. The number of carboxylic acids is 1. The number of nitrogens with zero attached hydrogens (tertiary/aromatic N) is 1. The number of aliphatic carboxylic acids is 1. The first-order chi connectivity index (χ1) is 18.3. The van der Waals surface area contributed by atoms with E-state index in [4.69, 9.17) is 9.15 Å². The predicted molar refractivity (Wildman–Crippen MR) is 143 cm³/mol. The number of carbonyl (C=O) groups excluding carboxylic acids is 2. The van der Waals surface area contributed by atoms with Crippen LogP contribution in [0.1, 0.15) is 17.5 Å². The fourth-order valence-electron chi connectivity index (χ4n) is 5.11. The van der Waals surface area contributed by atoms with Crippen LogP contribution in [0, 0.1) is 18.8 Å². The molecule has 3 aromatic rings. The number of fused-ring (bicyclic) bond motifs is 2. The molecule has 2 aromatic carbocycles. The largest absolute Gasteiger partial charge is 0.489 e. The summed E-state index contributed by atoms with van der Waals surface area (Å²) in [5, 5.41) is 10.4. The van der Waals surface area contributed by atoms with E-state index in [0.717, 1.165) is 16.5 Å². The van der Waals surface area contributed by atoms with Gasteiger partial charge in [0, 0.05) is 42.0 Å². The lowest BCUT2D eigenvalue weighted by atomic mass is 9.86. The second kappa shape index (κ2) is 10.9. The van der Waals surface area contributed by atoms with Crippen molar-refractivity contribution in [2.75, 3.05) is 12.4 Å². The van der Waals surface area contributed by atoms with Gasteiger partial charge in [0.25, 0.3) is 0 Å². The highest BCUT2D eigenvalue weighted by Crippen LogP contribution is 2.45. The van der Waals surface area contributed by atoms with Crippen LogP contribution in [-0.2, 0) is 20.8 Å². The molecule has 9 heteroatoms. The lowest BCUT2D eigenvalue weighted by Crippen LogP contribution is -2.69. The topological polar surface area (TPSA) is 114 Å². The minimum absolute atomic E-state index is 0.0241. The van der Waals surface area contributed by atoms with Crippen molar-refractivity contribution in [3.05, 3.63) is 88.3 Å². The SMILES string of the molecule is Cc1cc(=O)oc2cc(OC/C=C\C3CS[C@@H]4[C@H](CC(=O)Cc5ccccc5)C(=O)N4C3C(=O)O)ccc12. The van der Waals surface area contributed by atoms with Crippen molar-refractivity contribution < 1.29 is 28.6 Å². The van der Waals surface area contributed by atoms with E-state index in [-0.39, 0.29) is 42.4 Å². The minimum atomic E-state index is -1.06. The van der Waals surface area contributed by atoms with Gasteiger partial charge in [-0.1, -0.05) is 42.5 Å². The number of β-lactam (4-membered cyclic amide) rings is 1. The molecular formula is C29H27NO7S. The number of hydrogen-bond donors (Lipinski definition) is 1. The molecule has 5 rings (SSSR count). The van der Waals surface area contributed by atoms with Crippen LogP contribution in [0.5, 0.6) is 5.75 Å². The molecule has 2 aliphatic heterocycles. The molecule has 0 radical (unpaired) electrons. The standard InChI is InChI=1S/C29H27NO7S/c1-17-12-25(32)37-24-15-21(9-10-22(17)24)36-11-5-8-19-16-38-28-23(27(33)30(28)26(19)29(34)35)14-20(31)13-18-6-3-2-4-7-18/h2-10,12,15,19,23,26,28H,11,13-14,16H2,1H3,(H,34,35)/b8-5-/t19?,23-,26?,28-/m1/s1. The Kier molecular flexibility index (Phi) is 7.37. The summed E-state index contributed by atoms with van der Waals surface area (Å²) < 4.78 is 11.0. The first-order valence-corrected chi connectivity index (χ1v) is 13.4. The van der Waals surface area contributed by atoms with Gasteiger partial charge in [-0.2, -0.15) is 0 Å². The summed E-state index contributed by atoms with van der Waals surface area (Å²) >= 11 is 1.52. The number of thioether (sulfide) groups is 1. The maximum absolute atomic E-state index is 12.9.